The summed E-state index contributed by atoms with van der Waals surface area (Å²) in [6, 6.07) is 16.8. The molecule has 1 amide bonds. The quantitative estimate of drug-likeness (QED) is 0.308. The van der Waals surface area contributed by atoms with Crippen molar-refractivity contribution in [2.45, 2.75) is 27.2 Å². The van der Waals surface area contributed by atoms with E-state index in [1.165, 1.54) is 16.2 Å². The minimum absolute atomic E-state index is 0.0271. The molecule has 1 heterocycles. The number of thiophene rings is 1. The van der Waals surface area contributed by atoms with E-state index in [0.717, 1.165) is 28.1 Å². The van der Waals surface area contributed by atoms with Gasteiger partial charge in [0, 0.05) is 10.6 Å². The second kappa shape index (κ2) is 11.3. The van der Waals surface area contributed by atoms with Gasteiger partial charge in [-0.1, -0.05) is 36.8 Å². The van der Waals surface area contributed by atoms with E-state index in [4.69, 9.17) is 9.47 Å². The molecule has 0 bridgehead atoms. The number of amides is 1. The van der Waals surface area contributed by atoms with E-state index in [9.17, 15) is 9.59 Å². The molecular formula is C26H27NO4S. The van der Waals surface area contributed by atoms with Crippen LogP contribution in [0.1, 0.15) is 39.5 Å². The molecule has 0 saturated carbocycles. The first kappa shape index (κ1) is 23.3. The van der Waals surface area contributed by atoms with E-state index in [-0.39, 0.29) is 18.3 Å². The van der Waals surface area contributed by atoms with Crippen molar-refractivity contribution in [3.05, 3.63) is 81.6 Å². The number of aryl methyl sites for hydroxylation is 2. The van der Waals surface area contributed by atoms with Crippen LogP contribution in [0.15, 0.2) is 60.7 Å². The first-order valence-corrected chi connectivity index (χ1v) is 11.4. The van der Waals surface area contributed by atoms with Crippen LogP contribution in [-0.2, 0) is 11.2 Å². The summed E-state index contributed by atoms with van der Waals surface area (Å²) >= 11 is 1.52. The lowest BCUT2D eigenvalue weighted by Gasteiger charge is -2.13. The molecule has 3 aromatic rings. The molecule has 1 N–H and O–H groups in total. The number of carbonyl (C=O) groups excluding carboxylic acids is 2. The van der Waals surface area contributed by atoms with Crippen LogP contribution in [0.3, 0.4) is 0 Å². The normalized spacial score (nSPS) is 10.8. The van der Waals surface area contributed by atoms with Gasteiger partial charge in [-0.15, -0.1) is 11.3 Å². The zero-order chi connectivity index (χ0) is 22.9. The van der Waals surface area contributed by atoms with E-state index in [1.54, 1.807) is 24.3 Å². The van der Waals surface area contributed by atoms with Crippen LogP contribution in [-0.4, -0.2) is 24.9 Å². The molecule has 0 spiro atoms. The summed E-state index contributed by atoms with van der Waals surface area (Å²) in [5.41, 5.74) is 2.65. The Kier molecular flexibility index (Phi) is 8.22. The highest BCUT2D eigenvalue weighted by atomic mass is 32.1. The number of ether oxygens (including phenoxy) is 2. The Labute approximate surface area is 192 Å². The number of hydrogen-bond acceptors (Lipinski definition) is 5. The van der Waals surface area contributed by atoms with Crippen molar-refractivity contribution in [2.24, 2.45) is 0 Å². The molecule has 1 aromatic heterocycles. The van der Waals surface area contributed by atoms with Crippen molar-refractivity contribution < 1.29 is 19.1 Å². The number of hydrogen-bond donors (Lipinski definition) is 1. The van der Waals surface area contributed by atoms with Crippen molar-refractivity contribution >= 4 is 34.8 Å². The van der Waals surface area contributed by atoms with E-state index in [0.29, 0.717) is 18.1 Å². The molecule has 0 aliphatic heterocycles. The highest BCUT2D eigenvalue weighted by Crippen LogP contribution is 2.29. The van der Waals surface area contributed by atoms with Crippen molar-refractivity contribution in [3.63, 3.8) is 0 Å². The van der Waals surface area contributed by atoms with Gasteiger partial charge < -0.3 is 14.8 Å². The van der Waals surface area contributed by atoms with Crippen LogP contribution in [0.25, 0.3) is 6.08 Å². The van der Waals surface area contributed by atoms with Crippen LogP contribution >= 0.6 is 11.3 Å². The summed E-state index contributed by atoms with van der Waals surface area (Å²) in [5, 5.41) is 2.80. The highest BCUT2D eigenvalue weighted by molar-refractivity contribution is 7.14. The second-order valence-corrected chi connectivity index (χ2v) is 8.33. The maximum Gasteiger partial charge on any atom is 0.262 e. The van der Waals surface area contributed by atoms with Crippen molar-refractivity contribution in [1.29, 1.82) is 0 Å². The molecule has 0 radical (unpaired) electrons. The average Bonchev–Trinajstić information content (AvgIpc) is 3.28. The maximum atomic E-state index is 12.4. The van der Waals surface area contributed by atoms with E-state index in [2.05, 4.69) is 12.2 Å². The average molecular weight is 450 g/mol. The molecule has 32 heavy (non-hydrogen) atoms. The largest absolute Gasteiger partial charge is 0.490 e. The molecule has 0 aliphatic rings. The summed E-state index contributed by atoms with van der Waals surface area (Å²) in [6.07, 6.45) is 4.24. The summed E-state index contributed by atoms with van der Waals surface area (Å²) in [4.78, 5) is 26.5. The Morgan fingerprint density at radius 3 is 2.44 bits per heavy atom. The number of nitrogens with one attached hydrogen (secondary N) is 1. The summed E-state index contributed by atoms with van der Waals surface area (Å²) in [5.74, 6) is 0.712. The molecule has 0 saturated heterocycles. The van der Waals surface area contributed by atoms with E-state index < -0.39 is 0 Å². The Morgan fingerprint density at radius 1 is 0.969 bits per heavy atom. The van der Waals surface area contributed by atoms with Gasteiger partial charge in [0.25, 0.3) is 5.91 Å². The predicted molar refractivity (Wildman–Crippen MR) is 130 cm³/mol. The third kappa shape index (κ3) is 6.56. The minimum atomic E-state index is -0.256. The van der Waals surface area contributed by atoms with Crippen LogP contribution in [0, 0.1) is 6.92 Å². The van der Waals surface area contributed by atoms with Gasteiger partial charge in [-0.05, 0) is 68.3 Å². The van der Waals surface area contributed by atoms with E-state index >= 15 is 0 Å². The number of ketones is 1. The monoisotopic (exact) mass is 449 g/mol. The molecule has 0 aliphatic carbocycles. The zero-order valence-corrected chi connectivity index (χ0v) is 19.3. The lowest BCUT2D eigenvalue weighted by Crippen LogP contribution is -2.20. The molecule has 6 heteroatoms. The van der Waals surface area contributed by atoms with Crippen molar-refractivity contribution in [3.8, 4) is 11.5 Å². The molecule has 166 valence electrons. The second-order valence-electron chi connectivity index (χ2n) is 7.16. The molecule has 5 nitrogen and oxygen atoms in total. The smallest absolute Gasteiger partial charge is 0.262 e. The predicted octanol–water partition coefficient (Wildman–Crippen LogP) is 5.93. The lowest BCUT2D eigenvalue weighted by molar-refractivity contribution is -0.118. The first-order chi connectivity index (χ1) is 15.5. The first-order valence-electron chi connectivity index (χ1n) is 10.6. The molecule has 0 fully saturated rings. The molecule has 0 atom stereocenters. The van der Waals surface area contributed by atoms with Gasteiger partial charge in [-0.25, -0.2) is 0 Å². The lowest BCUT2D eigenvalue weighted by atomic mass is 10.1. The SMILES string of the molecule is CCOc1cc(/C=C/C(=O)c2ccc(CC)s2)ccc1OCC(=O)Nc1ccc(C)cc1. The van der Waals surface area contributed by atoms with Gasteiger partial charge >= 0.3 is 0 Å². The maximum absolute atomic E-state index is 12.4. The minimum Gasteiger partial charge on any atom is -0.490 e. The van der Waals surface area contributed by atoms with Gasteiger partial charge in [0.2, 0.25) is 0 Å². The van der Waals surface area contributed by atoms with Gasteiger partial charge in [0.05, 0.1) is 11.5 Å². The van der Waals surface area contributed by atoms with Gasteiger partial charge in [-0.3, -0.25) is 9.59 Å². The highest BCUT2D eigenvalue weighted by Gasteiger charge is 2.10. The fourth-order valence-electron chi connectivity index (χ4n) is 2.95. The van der Waals surface area contributed by atoms with Crippen LogP contribution in [0.2, 0.25) is 0 Å². The number of carbonyl (C=O) groups is 2. The van der Waals surface area contributed by atoms with Crippen LogP contribution in [0.5, 0.6) is 11.5 Å². The van der Waals surface area contributed by atoms with Gasteiger partial charge in [0.1, 0.15) is 0 Å². The molecular weight excluding hydrogens is 422 g/mol. The van der Waals surface area contributed by atoms with E-state index in [1.807, 2.05) is 56.3 Å². The van der Waals surface area contributed by atoms with Crippen LogP contribution in [0.4, 0.5) is 5.69 Å². The number of rotatable bonds is 10. The Bertz CT molecular complexity index is 1100. The van der Waals surface area contributed by atoms with Crippen molar-refractivity contribution in [1.82, 2.24) is 0 Å². The molecule has 3 rings (SSSR count). The number of anilines is 1. The number of allylic oxidation sites excluding steroid dienone is 1. The Hall–Kier alpha value is -3.38. The summed E-state index contributed by atoms with van der Waals surface area (Å²) in [7, 11) is 0. The summed E-state index contributed by atoms with van der Waals surface area (Å²) in [6.45, 7) is 6.25. The Balaban J connectivity index is 1.63. The molecule has 2 aromatic carbocycles. The Morgan fingerprint density at radius 2 is 1.75 bits per heavy atom. The fourth-order valence-corrected chi connectivity index (χ4v) is 3.82. The standard InChI is InChI=1S/C26H27NO4S/c1-4-21-12-15-25(32-21)22(28)13-8-19-9-14-23(24(16-19)30-5-2)31-17-26(29)27-20-10-6-18(3)7-11-20/h6-16H,4-5,17H2,1-3H3,(H,27,29)/b13-8+. The third-order valence-electron chi connectivity index (χ3n) is 4.64. The third-order valence-corrected chi connectivity index (χ3v) is 5.89. The summed E-state index contributed by atoms with van der Waals surface area (Å²) < 4.78 is 11.4. The van der Waals surface area contributed by atoms with Gasteiger partial charge in [-0.2, -0.15) is 0 Å². The van der Waals surface area contributed by atoms with Gasteiger partial charge in [0.15, 0.2) is 23.9 Å². The fraction of sp³-hybridized carbons (Fsp3) is 0.231. The van der Waals surface area contributed by atoms with Crippen LogP contribution < -0.4 is 14.8 Å². The topological polar surface area (TPSA) is 64.6 Å². The molecule has 0 unspecified atom stereocenters. The number of benzene rings is 2. The zero-order valence-electron chi connectivity index (χ0n) is 18.5. The van der Waals surface area contributed by atoms with Crippen molar-refractivity contribution in [2.75, 3.05) is 18.5 Å².